The van der Waals surface area contributed by atoms with E-state index in [1.165, 1.54) is 0 Å². The number of hydrogen-bond acceptors (Lipinski definition) is 2. The predicted molar refractivity (Wildman–Crippen MR) is 78.0 cm³/mol. The molecular formula is C14H26BrNO2. The Morgan fingerprint density at radius 2 is 2.28 bits per heavy atom. The van der Waals surface area contributed by atoms with Crippen LogP contribution in [0.4, 0.5) is 0 Å². The zero-order valence-corrected chi connectivity index (χ0v) is 13.2. The smallest absolute Gasteiger partial charge is 0.220 e. The lowest BCUT2D eigenvalue weighted by Gasteiger charge is -2.24. The van der Waals surface area contributed by atoms with Gasteiger partial charge in [0.1, 0.15) is 0 Å². The first-order valence-electron chi connectivity index (χ1n) is 6.98. The molecule has 0 radical (unpaired) electrons. The Morgan fingerprint density at radius 3 is 2.89 bits per heavy atom. The van der Waals surface area contributed by atoms with Crippen LogP contribution in [0.3, 0.4) is 0 Å². The molecule has 106 valence electrons. The van der Waals surface area contributed by atoms with Crippen molar-refractivity contribution in [1.29, 1.82) is 0 Å². The minimum atomic E-state index is 0.164. The molecule has 0 aromatic rings. The molecule has 1 saturated heterocycles. The summed E-state index contributed by atoms with van der Waals surface area (Å²) >= 11 is 3.44. The van der Waals surface area contributed by atoms with Crippen LogP contribution in [-0.2, 0) is 9.53 Å². The van der Waals surface area contributed by atoms with Gasteiger partial charge in [-0.15, -0.1) is 0 Å². The van der Waals surface area contributed by atoms with Crippen LogP contribution >= 0.6 is 15.9 Å². The van der Waals surface area contributed by atoms with Crippen LogP contribution in [-0.4, -0.2) is 30.5 Å². The van der Waals surface area contributed by atoms with Crippen LogP contribution in [0.5, 0.6) is 0 Å². The molecule has 1 heterocycles. The zero-order chi connectivity index (χ0) is 13.4. The second-order valence-electron chi connectivity index (χ2n) is 5.91. The van der Waals surface area contributed by atoms with Gasteiger partial charge in [-0.1, -0.05) is 29.8 Å². The van der Waals surface area contributed by atoms with Gasteiger partial charge in [0.15, 0.2) is 0 Å². The standard InChI is InChI=1S/C14H26BrNO2/c1-14(2,8-4-9-15)11-16-13(17)7-6-12-5-3-10-18-12/h12H,3-11H2,1-2H3,(H,16,17). The zero-order valence-electron chi connectivity index (χ0n) is 11.6. The summed E-state index contributed by atoms with van der Waals surface area (Å²) in [6.07, 6.45) is 6.32. The molecule has 3 nitrogen and oxygen atoms in total. The first kappa shape index (κ1) is 16.0. The number of ether oxygens (including phenoxy) is 1. The van der Waals surface area contributed by atoms with E-state index in [1.807, 2.05) is 0 Å². The van der Waals surface area contributed by atoms with Gasteiger partial charge in [0.25, 0.3) is 0 Å². The Balaban J connectivity index is 2.11. The number of alkyl halides is 1. The highest BCUT2D eigenvalue weighted by Crippen LogP contribution is 2.22. The van der Waals surface area contributed by atoms with Crippen molar-refractivity contribution >= 4 is 21.8 Å². The first-order chi connectivity index (χ1) is 8.53. The summed E-state index contributed by atoms with van der Waals surface area (Å²) in [6, 6.07) is 0. The summed E-state index contributed by atoms with van der Waals surface area (Å²) in [5.74, 6) is 0.164. The largest absolute Gasteiger partial charge is 0.378 e. The highest BCUT2D eigenvalue weighted by molar-refractivity contribution is 9.09. The van der Waals surface area contributed by atoms with E-state index < -0.39 is 0 Å². The van der Waals surface area contributed by atoms with Crippen molar-refractivity contribution < 1.29 is 9.53 Å². The van der Waals surface area contributed by atoms with E-state index in [2.05, 4.69) is 35.1 Å². The Labute approximate surface area is 119 Å². The number of halogens is 1. The number of hydrogen-bond donors (Lipinski definition) is 1. The van der Waals surface area contributed by atoms with E-state index in [9.17, 15) is 4.79 Å². The van der Waals surface area contributed by atoms with Crippen molar-refractivity contribution in [2.24, 2.45) is 5.41 Å². The van der Waals surface area contributed by atoms with Crippen molar-refractivity contribution in [1.82, 2.24) is 5.32 Å². The summed E-state index contributed by atoms with van der Waals surface area (Å²) in [5.41, 5.74) is 0.188. The summed E-state index contributed by atoms with van der Waals surface area (Å²) in [4.78, 5) is 11.7. The average molecular weight is 320 g/mol. The molecule has 1 aliphatic rings. The van der Waals surface area contributed by atoms with Crippen LogP contribution in [0.15, 0.2) is 0 Å². The fourth-order valence-corrected chi connectivity index (χ4v) is 2.50. The molecule has 1 amide bonds. The fourth-order valence-electron chi connectivity index (χ4n) is 2.22. The molecule has 4 heteroatoms. The quantitative estimate of drug-likeness (QED) is 0.697. The maximum atomic E-state index is 11.7. The van der Waals surface area contributed by atoms with Crippen molar-refractivity contribution in [2.75, 3.05) is 18.5 Å². The SMILES string of the molecule is CC(C)(CCCBr)CNC(=O)CCC1CCCO1. The van der Waals surface area contributed by atoms with Gasteiger partial charge in [0.05, 0.1) is 6.10 Å². The van der Waals surface area contributed by atoms with Gasteiger partial charge in [0.2, 0.25) is 5.91 Å². The fraction of sp³-hybridized carbons (Fsp3) is 0.929. The lowest BCUT2D eigenvalue weighted by atomic mass is 9.88. The van der Waals surface area contributed by atoms with E-state index in [1.54, 1.807) is 0 Å². The number of rotatable bonds is 8. The summed E-state index contributed by atoms with van der Waals surface area (Å²) in [6.45, 7) is 6.04. The van der Waals surface area contributed by atoms with E-state index in [-0.39, 0.29) is 11.3 Å². The van der Waals surface area contributed by atoms with Crippen molar-refractivity contribution in [2.45, 2.75) is 58.5 Å². The Hall–Kier alpha value is -0.0900. The van der Waals surface area contributed by atoms with Gasteiger partial charge in [-0.2, -0.15) is 0 Å². The Kier molecular flexibility index (Phi) is 7.23. The molecule has 0 saturated carbocycles. The maximum Gasteiger partial charge on any atom is 0.220 e. The molecule has 1 N–H and O–H groups in total. The molecular weight excluding hydrogens is 294 g/mol. The van der Waals surface area contributed by atoms with Gasteiger partial charge in [-0.3, -0.25) is 4.79 Å². The predicted octanol–water partition coefficient (Wildman–Crippen LogP) is 3.26. The molecule has 1 unspecified atom stereocenters. The number of carbonyl (C=O) groups is 1. The van der Waals surface area contributed by atoms with Gasteiger partial charge < -0.3 is 10.1 Å². The van der Waals surface area contributed by atoms with Crippen molar-refractivity contribution in [3.05, 3.63) is 0 Å². The third kappa shape index (κ3) is 6.74. The number of carbonyl (C=O) groups excluding carboxylic acids is 1. The summed E-state index contributed by atoms with van der Waals surface area (Å²) in [7, 11) is 0. The minimum Gasteiger partial charge on any atom is -0.378 e. The van der Waals surface area contributed by atoms with Gasteiger partial charge in [0, 0.05) is 24.9 Å². The highest BCUT2D eigenvalue weighted by Gasteiger charge is 2.20. The van der Waals surface area contributed by atoms with E-state index >= 15 is 0 Å². The summed E-state index contributed by atoms with van der Waals surface area (Å²) in [5, 5.41) is 4.08. The molecule has 1 aliphatic heterocycles. The summed E-state index contributed by atoms with van der Waals surface area (Å²) < 4.78 is 5.52. The highest BCUT2D eigenvalue weighted by atomic mass is 79.9. The topological polar surface area (TPSA) is 38.3 Å². The van der Waals surface area contributed by atoms with Crippen molar-refractivity contribution in [3.63, 3.8) is 0 Å². The second-order valence-corrected chi connectivity index (χ2v) is 6.70. The monoisotopic (exact) mass is 319 g/mol. The molecule has 1 rings (SSSR count). The van der Waals surface area contributed by atoms with Gasteiger partial charge >= 0.3 is 0 Å². The number of amides is 1. The average Bonchev–Trinajstić information content (AvgIpc) is 2.84. The van der Waals surface area contributed by atoms with Crippen LogP contribution < -0.4 is 5.32 Å². The van der Waals surface area contributed by atoms with Crippen LogP contribution in [0.2, 0.25) is 0 Å². The van der Waals surface area contributed by atoms with Crippen molar-refractivity contribution in [3.8, 4) is 0 Å². The Bertz CT molecular complexity index is 250. The van der Waals surface area contributed by atoms with Crippen LogP contribution in [0.1, 0.15) is 52.4 Å². The minimum absolute atomic E-state index is 0.164. The molecule has 0 bridgehead atoms. The second kappa shape index (κ2) is 8.16. The normalized spacial score (nSPS) is 20.1. The third-order valence-electron chi connectivity index (χ3n) is 3.47. The molecule has 0 spiro atoms. The first-order valence-corrected chi connectivity index (χ1v) is 8.10. The molecule has 1 fully saturated rings. The molecule has 0 aromatic carbocycles. The Morgan fingerprint density at radius 1 is 1.50 bits per heavy atom. The van der Waals surface area contributed by atoms with Crippen LogP contribution in [0.25, 0.3) is 0 Å². The van der Waals surface area contributed by atoms with Crippen LogP contribution in [0, 0.1) is 5.41 Å². The molecule has 18 heavy (non-hydrogen) atoms. The maximum absolute atomic E-state index is 11.7. The van der Waals surface area contributed by atoms with Gasteiger partial charge in [-0.25, -0.2) is 0 Å². The lowest BCUT2D eigenvalue weighted by molar-refractivity contribution is -0.122. The van der Waals surface area contributed by atoms with E-state index in [0.29, 0.717) is 12.5 Å². The van der Waals surface area contributed by atoms with Gasteiger partial charge in [-0.05, 0) is 37.5 Å². The molecule has 0 aromatic heterocycles. The molecule has 1 atom stereocenters. The van der Waals surface area contributed by atoms with E-state index in [4.69, 9.17) is 4.74 Å². The molecule has 0 aliphatic carbocycles. The number of nitrogens with one attached hydrogen (secondary N) is 1. The van der Waals surface area contributed by atoms with E-state index in [0.717, 1.165) is 50.6 Å². The third-order valence-corrected chi connectivity index (χ3v) is 4.03. The lowest BCUT2D eigenvalue weighted by Crippen LogP contribution is -2.34.